The lowest BCUT2D eigenvalue weighted by Crippen LogP contribution is -2.42. The normalized spacial score (nSPS) is 22.9. The number of aliphatic carboxylic acids is 1. The molecule has 3 heteroatoms. The fourth-order valence-electron chi connectivity index (χ4n) is 2.24. The standard InChI is InChI=1S/C14H19NO2/c1-2-3-10-4-6-11(7-5-10)15-13-9-8-12(13)14(16)17/h4-7,12-13,15H,2-3,8-9H2,1H3,(H,16,17). The molecule has 2 unspecified atom stereocenters. The topological polar surface area (TPSA) is 49.3 Å². The van der Waals surface area contributed by atoms with E-state index in [9.17, 15) is 4.79 Å². The zero-order valence-electron chi connectivity index (χ0n) is 10.1. The summed E-state index contributed by atoms with van der Waals surface area (Å²) in [7, 11) is 0. The van der Waals surface area contributed by atoms with Gasteiger partial charge >= 0.3 is 5.97 Å². The minimum absolute atomic E-state index is 0.101. The van der Waals surface area contributed by atoms with Gasteiger partial charge in [0.05, 0.1) is 5.92 Å². The second kappa shape index (κ2) is 5.21. The maximum Gasteiger partial charge on any atom is 0.308 e. The Labute approximate surface area is 102 Å². The second-order valence-electron chi connectivity index (χ2n) is 4.72. The average Bonchev–Trinajstić information content (AvgIpc) is 2.26. The van der Waals surface area contributed by atoms with Crippen molar-refractivity contribution in [3.63, 3.8) is 0 Å². The zero-order valence-corrected chi connectivity index (χ0v) is 10.1. The summed E-state index contributed by atoms with van der Waals surface area (Å²) >= 11 is 0. The lowest BCUT2D eigenvalue weighted by atomic mass is 9.79. The Kier molecular flexibility index (Phi) is 3.67. The molecule has 2 atom stereocenters. The van der Waals surface area contributed by atoms with Crippen LogP contribution in [0.2, 0.25) is 0 Å². The van der Waals surface area contributed by atoms with E-state index in [1.54, 1.807) is 0 Å². The molecule has 1 saturated carbocycles. The van der Waals surface area contributed by atoms with Gasteiger partial charge in [0, 0.05) is 11.7 Å². The highest BCUT2D eigenvalue weighted by Crippen LogP contribution is 2.30. The van der Waals surface area contributed by atoms with Gasteiger partial charge in [-0.2, -0.15) is 0 Å². The summed E-state index contributed by atoms with van der Waals surface area (Å²) < 4.78 is 0. The number of nitrogens with one attached hydrogen (secondary N) is 1. The van der Waals surface area contributed by atoms with Crippen LogP contribution in [0.25, 0.3) is 0 Å². The zero-order chi connectivity index (χ0) is 12.3. The van der Waals surface area contributed by atoms with Gasteiger partial charge in [0.25, 0.3) is 0 Å². The van der Waals surface area contributed by atoms with E-state index in [0.29, 0.717) is 0 Å². The van der Waals surface area contributed by atoms with Gasteiger partial charge in [0.1, 0.15) is 0 Å². The number of anilines is 1. The fourth-order valence-corrected chi connectivity index (χ4v) is 2.24. The van der Waals surface area contributed by atoms with Gasteiger partial charge in [0.2, 0.25) is 0 Å². The summed E-state index contributed by atoms with van der Waals surface area (Å²) in [5, 5.41) is 12.3. The molecule has 0 aliphatic heterocycles. The van der Waals surface area contributed by atoms with E-state index in [0.717, 1.165) is 31.4 Å². The van der Waals surface area contributed by atoms with Gasteiger partial charge in [-0.05, 0) is 37.0 Å². The van der Waals surface area contributed by atoms with Crippen LogP contribution >= 0.6 is 0 Å². The van der Waals surface area contributed by atoms with Gasteiger partial charge in [-0.3, -0.25) is 4.79 Å². The van der Waals surface area contributed by atoms with Crippen molar-refractivity contribution in [2.75, 3.05) is 5.32 Å². The summed E-state index contributed by atoms with van der Waals surface area (Å²) in [5.74, 6) is -0.901. The molecule has 0 saturated heterocycles. The smallest absolute Gasteiger partial charge is 0.308 e. The van der Waals surface area contributed by atoms with E-state index in [1.807, 2.05) is 12.1 Å². The maximum absolute atomic E-state index is 10.9. The molecular weight excluding hydrogens is 214 g/mol. The van der Waals surface area contributed by atoms with Crippen LogP contribution in [0.1, 0.15) is 31.7 Å². The van der Waals surface area contributed by atoms with Crippen LogP contribution in [-0.4, -0.2) is 17.1 Å². The number of carbonyl (C=O) groups is 1. The monoisotopic (exact) mass is 233 g/mol. The summed E-state index contributed by atoms with van der Waals surface area (Å²) in [6, 6.07) is 8.41. The Bertz CT molecular complexity index is 386. The first-order chi connectivity index (χ1) is 8.20. The molecule has 0 aromatic heterocycles. The fraction of sp³-hybridized carbons (Fsp3) is 0.500. The van der Waals surface area contributed by atoms with Gasteiger partial charge in [0.15, 0.2) is 0 Å². The molecule has 1 aliphatic carbocycles. The van der Waals surface area contributed by atoms with Gasteiger partial charge in [-0.25, -0.2) is 0 Å². The van der Waals surface area contributed by atoms with Crippen LogP contribution in [-0.2, 0) is 11.2 Å². The maximum atomic E-state index is 10.9. The van der Waals surface area contributed by atoms with Crippen molar-refractivity contribution in [2.24, 2.45) is 5.92 Å². The number of benzene rings is 1. The highest BCUT2D eigenvalue weighted by atomic mass is 16.4. The summed E-state index contributed by atoms with van der Waals surface area (Å²) in [5.41, 5.74) is 2.36. The van der Waals surface area contributed by atoms with E-state index >= 15 is 0 Å². The van der Waals surface area contributed by atoms with Crippen LogP contribution in [0.5, 0.6) is 0 Å². The van der Waals surface area contributed by atoms with Crippen molar-refractivity contribution in [1.29, 1.82) is 0 Å². The Morgan fingerprint density at radius 2 is 2.06 bits per heavy atom. The number of carboxylic acids is 1. The third kappa shape index (κ3) is 2.78. The van der Waals surface area contributed by atoms with Crippen molar-refractivity contribution in [2.45, 2.75) is 38.6 Å². The van der Waals surface area contributed by atoms with Crippen molar-refractivity contribution < 1.29 is 9.90 Å². The van der Waals surface area contributed by atoms with E-state index < -0.39 is 5.97 Å². The van der Waals surface area contributed by atoms with Crippen LogP contribution in [0, 0.1) is 5.92 Å². The van der Waals surface area contributed by atoms with Gasteiger partial charge < -0.3 is 10.4 Å². The summed E-state index contributed by atoms with van der Waals surface area (Å²) in [4.78, 5) is 10.9. The molecular formula is C14H19NO2. The highest BCUT2D eigenvalue weighted by Gasteiger charge is 2.36. The Morgan fingerprint density at radius 3 is 2.53 bits per heavy atom. The quantitative estimate of drug-likeness (QED) is 0.822. The van der Waals surface area contributed by atoms with Crippen molar-refractivity contribution in [1.82, 2.24) is 0 Å². The molecule has 92 valence electrons. The molecule has 1 fully saturated rings. The first kappa shape index (κ1) is 12.0. The van der Waals surface area contributed by atoms with E-state index in [4.69, 9.17) is 5.11 Å². The molecule has 3 nitrogen and oxygen atoms in total. The summed E-state index contributed by atoms with van der Waals surface area (Å²) in [6.45, 7) is 2.16. The number of rotatable bonds is 5. The highest BCUT2D eigenvalue weighted by molar-refractivity contribution is 5.73. The molecule has 1 aromatic carbocycles. The van der Waals surface area contributed by atoms with Crippen LogP contribution in [0.4, 0.5) is 5.69 Å². The predicted octanol–water partition coefficient (Wildman–Crippen LogP) is 2.91. The Hall–Kier alpha value is -1.51. The second-order valence-corrected chi connectivity index (χ2v) is 4.72. The van der Waals surface area contributed by atoms with Crippen LogP contribution in [0.3, 0.4) is 0 Å². The number of carboxylic acid groups (broad SMARTS) is 1. The first-order valence-corrected chi connectivity index (χ1v) is 6.29. The Morgan fingerprint density at radius 1 is 1.35 bits per heavy atom. The summed E-state index contributed by atoms with van der Waals surface area (Å²) in [6.07, 6.45) is 3.99. The average molecular weight is 233 g/mol. The van der Waals surface area contributed by atoms with Gasteiger partial charge in [-0.1, -0.05) is 25.5 Å². The van der Waals surface area contributed by atoms with Crippen LogP contribution < -0.4 is 5.32 Å². The first-order valence-electron chi connectivity index (χ1n) is 6.29. The molecule has 17 heavy (non-hydrogen) atoms. The molecule has 0 radical (unpaired) electrons. The molecule has 2 rings (SSSR count). The van der Waals surface area contributed by atoms with E-state index in [-0.39, 0.29) is 12.0 Å². The number of aryl methyl sites for hydroxylation is 1. The molecule has 1 aromatic rings. The Balaban J connectivity index is 1.93. The van der Waals surface area contributed by atoms with Crippen molar-refractivity contribution in [3.05, 3.63) is 29.8 Å². The van der Waals surface area contributed by atoms with E-state index in [1.165, 1.54) is 5.56 Å². The van der Waals surface area contributed by atoms with E-state index in [2.05, 4.69) is 24.4 Å². The van der Waals surface area contributed by atoms with Crippen molar-refractivity contribution in [3.8, 4) is 0 Å². The lowest BCUT2D eigenvalue weighted by Gasteiger charge is -2.34. The third-order valence-corrected chi connectivity index (χ3v) is 3.44. The van der Waals surface area contributed by atoms with Crippen LogP contribution in [0.15, 0.2) is 24.3 Å². The molecule has 1 aliphatic rings. The molecule has 2 N–H and O–H groups in total. The molecule has 0 bridgehead atoms. The SMILES string of the molecule is CCCc1ccc(NC2CCC2C(=O)O)cc1. The number of hydrogen-bond donors (Lipinski definition) is 2. The molecule has 0 spiro atoms. The van der Waals surface area contributed by atoms with Crippen molar-refractivity contribution >= 4 is 11.7 Å². The minimum atomic E-state index is -0.684. The predicted molar refractivity (Wildman–Crippen MR) is 68.2 cm³/mol. The van der Waals surface area contributed by atoms with Gasteiger partial charge in [-0.15, -0.1) is 0 Å². The minimum Gasteiger partial charge on any atom is -0.481 e. The molecule has 0 amide bonds. The molecule has 0 heterocycles. The third-order valence-electron chi connectivity index (χ3n) is 3.44. The number of hydrogen-bond acceptors (Lipinski definition) is 2. The largest absolute Gasteiger partial charge is 0.481 e. The lowest BCUT2D eigenvalue weighted by molar-refractivity contribution is -0.144.